The third-order valence-electron chi connectivity index (χ3n) is 10.8. The number of aromatic amines is 1. The molecule has 0 unspecified atom stereocenters. The summed E-state index contributed by atoms with van der Waals surface area (Å²) in [5.41, 5.74) is 2.39. The average molecular weight is 595 g/mol. The van der Waals surface area contributed by atoms with Crippen molar-refractivity contribution in [3.8, 4) is 17.5 Å². The maximum Gasteiger partial charge on any atom is 0.328 e. The molecule has 0 aromatic carbocycles. The van der Waals surface area contributed by atoms with Gasteiger partial charge in [0.05, 0.1) is 37.0 Å². The van der Waals surface area contributed by atoms with Gasteiger partial charge in [0.1, 0.15) is 11.6 Å². The lowest BCUT2D eigenvalue weighted by molar-refractivity contribution is -0.231. The van der Waals surface area contributed by atoms with Gasteiger partial charge in [-0.3, -0.25) is 14.5 Å². The topological polar surface area (TPSA) is 130 Å². The second kappa shape index (κ2) is 10.7. The Morgan fingerprint density at radius 3 is 2.65 bits per heavy atom. The molecule has 4 fully saturated rings. The highest BCUT2D eigenvalue weighted by atomic mass is 16.7. The predicted molar refractivity (Wildman–Crippen MR) is 156 cm³/mol. The second-order valence-electron chi connectivity index (χ2n) is 13.2. The van der Waals surface area contributed by atoms with Crippen molar-refractivity contribution in [1.82, 2.24) is 29.6 Å². The minimum Gasteiger partial charge on any atom is -0.471 e. The Morgan fingerprint density at radius 2 is 1.86 bits per heavy atom. The molecule has 1 N–H and O–H groups in total. The number of hydrogen-bond acceptors (Lipinski definition) is 10. The van der Waals surface area contributed by atoms with Gasteiger partial charge < -0.3 is 23.5 Å². The van der Waals surface area contributed by atoms with Crippen molar-refractivity contribution in [3.05, 3.63) is 21.7 Å². The molecule has 3 saturated heterocycles. The zero-order chi connectivity index (χ0) is 29.2. The Labute approximate surface area is 250 Å². The van der Waals surface area contributed by atoms with E-state index >= 15 is 0 Å². The summed E-state index contributed by atoms with van der Waals surface area (Å²) in [4.78, 5) is 28.7. The monoisotopic (exact) mass is 594 g/mol. The van der Waals surface area contributed by atoms with E-state index in [1.807, 2.05) is 0 Å². The van der Waals surface area contributed by atoms with Crippen molar-refractivity contribution < 1.29 is 23.5 Å². The summed E-state index contributed by atoms with van der Waals surface area (Å²) < 4.78 is 33.1. The Kier molecular flexibility index (Phi) is 6.88. The van der Waals surface area contributed by atoms with Crippen LogP contribution in [-0.2, 0) is 26.0 Å². The van der Waals surface area contributed by atoms with Gasteiger partial charge in [-0.1, -0.05) is 11.6 Å². The number of nitrogens with zero attached hydrogens (tertiary/aromatic N) is 5. The van der Waals surface area contributed by atoms with Gasteiger partial charge in [0.2, 0.25) is 17.5 Å². The number of H-pyrrole nitrogens is 1. The molecule has 2 aliphatic carbocycles. The van der Waals surface area contributed by atoms with Crippen LogP contribution < -0.4 is 10.4 Å². The summed E-state index contributed by atoms with van der Waals surface area (Å²) in [6, 6.07) is 0.149. The van der Waals surface area contributed by atoms with Gasteiger partial charge in [0, 0.05) is 24.6 Å². The number of fused-ring (bicyclic) bond motifs is 4. The van der Waals surface area contributed by atoms with Gasteiger partial charge in [-0.2, -0.15) is 4.98 Å². The molecule has 2 spiro atoms. The first-order valence-electron chi connectivity index (χ1n) is 16.2. The largest absolute Gasteiger partial charge is 0.471 e. The SMILES string of the molecule is C[C@H](Oc1nc(-c2onc3c2CCC[C@@]32CCCCC23OCCO3)nc2c1[nH]c(=O)n2[C@@H]1CCCOC1)[C@@H]1CCCN1C. The normalized spacial score (nSPS) is 29.9. The first-order valence-corrected chi connectivity index (χ1v) is 16.2. The Balaban J connectivity index is 1.26. The zero-order valence-corrected chi connectivity index (χ0v) is 25.2. The van der Waals surface area contributed by atoms with Crippen LogP contribution in [0, 0.1) is 0 Å². The van der Waals surface area contributed by atoms with Crippen LogP contribution in [0.2, 0.25) is 0 Å². The van der Waals surface area contributed by atoms with Crippen molar-refractivity contribution in [3.63, 3.8) is 0 Å². The molecule has 232 valence electrons. The Hall–Kier alpha value is -2.80. The second-order valence-corrected chi connectivity index (χ2v) is 13.2. The molecule has 12 nitrogen and oxygen atoms in total. The standard InChI is InChI=1S/C31H42N6O6/c1-19(22-10-6-14-36(22)2)42-28-23-27(37(29(38)32-23)20-8-7-15-39-18-20)33-26(34-28)24-21-9-5-12-30(25(21)35-43-24)11-3-4-13-31(30)40-16-17-41-31/h19-20,22H,3-18H2,1-2H3,(H,32,38)/t19-,20+,22-,30-/m0/s1. The lowest BCUT2D eigenvalue weighted by atomic mass is 9.61. The van der Waals surface area contributed by atoms with Crippen LogP contribution >= 0.6 is 0 Å². The maximum atomic E-state index is 13.4. The fourth-order valence-corrected chi connectivity index (χ4v) is 8.69. The van der Waals surface area contributed by atoms with Crippen LogP contribution in [0.15, 0.2) is 9.32 Å². The molecule has 0 bridgehead atoms. The van der Waals surface area contributed by atoms with Crippen molar-refractivity contribution in [2.75, 3.05) is 40.0 Å². The van der Waals surface area contributed by atoms with Crippen LogP contribution in [0.3, 0.4) is 0 Å². The molecule has 0 amide bonds. The number of likely N-dealkylation sites (tertiary alicyclic amines) is 1. The number of likely N-dealkylation sites (N-methyl/N-ethyl adjacent to an activating group) is 1. The molecule has 4 atom stereocenters. The molecule has 8 rings (SSSR count). The molecule has 3 aromatic heterocycles. The molecule has 6 heterocycles. The highest BCUT2D eigenvalue weighted by Gasteiger charge is 2.61. The van der Waals surface area contributed by atoms with E-state index < -0.39 is 5.79 Å². The van der Waals surface area contributed by atoms with E-state index in [0.29, 0.717) is 55.1 Å². The smallest absolute Gasteiger partial charge is 0.328 e. The van der Waals surface area contributed by atoms with Crippen molar-refractivity contribution in [2.45, 2.75) is 107 Å². The summed E-state index contributed by atoms with van der Waals surface area (Å²) in [6.07, 6.45) is 10.5. The van der Waals surface area contributed by atoms with Gasteiger partial charge in [0.15, 0.2) is 11.4 Å². The quantitative estimate of drug-likeness (QED) is 0.465. The summed E-state index contributed by atoms with van der Waals surface area (Å²) in [6.45, 7) is 5.50. The number of imidazole rings is 1. The van der Waals surface area contributed by atoms with Gasteiger partial charge in [-0.25, -0.2) is 9.78 Å². The summed E-state index contributed by atoms with van der Waals surface area (Å²) in [5, 5.41) is 4.73. The number of aromatic nitrogens is 5. The van der Waals surface area contributed by atoms with Gasteiger partial charge in [0.25, 0.3) is 0 Å². The minimum absolute atomic E-state index is 0.116. The molecule has 0 radical (unpaired) electrons. The van der Waals surface area contributed by atoms with E-state index in [9.17, 15) is 4.79 Å². The third-order valence-corrected chi connectivity index (χ3v) is 10.8. The van der Waals surface area contributed by atoms with Crippen LogP contribution in [0.4, 0.5) is 0 Å². The first kappa shape index (κ1) is 27.7. The number of rotatable bonds is 5. The van der Waals surface area contributed by atoms with E-state index in [4.69, 9.17) is 38.6 Å². The Morgan fingerprint density at radius 1 is 1.02 bits per heavy atom. The molecule has 3 aromatic rings. The van der Waals surface area contributed by atoms with Gasteiger partial charge >= 0.3 is 5.69 Å². The molecule has 5 aliphatic rings. The maximum absolute atomic E-state index is 13.4. The third kappa shape index (κ3) is 4.31. The molecular weight excluding hydrogens is 552 g/mol. The van der Waals surface area contributed by atoms with E-state index in [1.54, 1.807) is 4.57 Å². The fourth-order valence-electron chi connectivity index (χ4n) is 8.69. The minimum atomic E-state index is -0.654. The summed E-state index contributed by atoms with van der Waals surface area (Å²) >= 11 is 0. The van der Waals surface area contributed by atoms with Crippen LogP contribution in [0.5, 0.6) is 5.88 Å². The highest BCUT2D eigenvalue weighted by Crippen LogP contribution is 2.56. The molecule has 1 saturated carbocycles. The first-order chi connectivity index (χ1) is 21.0. The van der Waals surface area contributed by atoms with Crippen molar-refractivity contribution in [2.24, 2.45) is 0 Å². The Bertz CT molecular complexity index is 1550. The molecular formula is C31H42N6O6. The van der Waals surface area contributed by atoms with Crippen molar-refractivity contribution >= 4 is 11.2 Å². The number of ether oxygens (including phenoxy) is 4. The van der Waals surface area contributed by atoms with Crippen molar-refractivity contribution in [1.29, 1.82) is 0 Å². The number of hydrogen-bond donors (Lipinski definition) is 1. The van der Waals surface area contributed by atoms with E-state index in [-0.39, 0.29) is 29.3 Å². The summed E-state index contributed by atoms with van der Waals surface area (Å²) in [5.74, 6) is 0.652. The van der Waals surface area contributed by atoms with E-state index in [0.717, 1.165) is 88.4 Å². The highest BCUT2D eigenvalue weighted by molar-refractivity contribution is 5.79. The van der Waals surface area contributed by atoms with Crippen LogP contribution in [0.25, 0.3) is 22.7 Å². The summed E-state index contributed by atoms with van der Waals surface area (Å²) in [7, 11) is 2.13. The predicted octanol–water partition coefficient (Wildman–Crippen LogP) is 3.88. The zero-order valence-electron chi connectivity index (χ0n) is 25.2. The molecule has 43 heavy (non-hydrogen) atoms. The lowest BCUT2D eigenvalue weighted by Gasteiger charge is -2.50. The van der Waals surface area contributed by atoms with Crippen LogP contribution in [0.1, 0.15) is 88.4 Å². The molecule has 12 heteroatoms. The lowest BCUT2D eigenvalue weighted by Crippen LogP contribution is -2.56. The van der Waals surface area contributed by atoms with E-state index in [2.05, 4.69) is 23.9 Å². The van der Waals surface area contributed by atoms with Gasteiger partial charge in [-0.05, 0) is 78.3 Å². The van der Waals surface area contributed by atoms with E-state index in [1.165, 1.54) is 0 Å². The van der Waals surface area contributed by atoms with Crippen LogP contribution in [-0.4, -0.2) is 87.5 Å². The van der Waals surface area contributed by atoms with Gasteiger partial charge in [-0.15, -0.1) is 0 Å². The average Bonchev–Trinajstić information content (AvgIpc) is 3.82. The number of nitrogens with one attached hydrogen (secondary N) is 1. The fraction of sp³-hybridized carbons (Fsp3) is 0.742. The molecule has 3 aliphatic heterocycles.